The molecule has 1 N–H and O–H groups in total. The topological polar surface area (TPSA) is 112 Å². The predicted octanol–water partition coefficient (Wildman–Crippen LogP) is 2.69. The van der Waals surface area contributed by atoms with Crippen LogP contribution in [0.3, 0.4) is 0 Å². The summed E-state index contributed by atoms with van der Waals surface area (Å²) in [4.78, 5) is 22.7. The van der Waals surface area contributed by atoms with Crippen LogP contribution in [0.5, 0.6) is 17.2 Å². The molecule has 0 atom stereocenters. The molecule has 9 nitrogen and oxygen atoms in total. The van der Waals surface area contributed by atoms with E-state index in [1.807, 2.05) is 0 Å². The average Bonchev–Trinajstić information content (AvgIpc) is 2.66. The molecule has 2 aromatic carbocycles. The van der Waals surface area contributed by atoms with Crippen molar-refractivity contribution >= 4 is 17.8 Å². The standard InChI is InChI=1S/C18H19N3O6/c1-11-5-6-14(21(23)24)13(7-11)18(22)20-19-10-12-8-15(25-2)17(27-4)16(9-12)26-3/h5-10H,1-4H3,(H,20,22). The number of carbonyl (C=O) groups is 1. The van der Waals surface area contributed by atoms with Gasteiger partial charge < -0.3 is 14.2 Å². The summed E-state index contributed by atoms with van der Waals surface area (Å²) in [6.07, 6.45) is 1.37. The molecule has 0 heterocycles. The van der Waals surface area contributed by atoms with Crippen LogP contribution in [0.25, 0.3) is 0 Å². The van der Waals surface area contributed by atoms with Crippen molar-refractivity contribution < 1.29 is 23.9 Å². The van der Waals surface area contributed by atoms with E-state index in [4.69, 9.17) is 14.2 Å². The Bertz CT molecular complexity index is 870. The first-order valence-electron chi connectivity index (χ1n) is 7.79. The molecule has 0 fully saturated rings. The van der Waals surface area contributed by atoms with Gasteiger partial charge in [-0.1, -0.05) is 6.07 Å². The number of amides is 1. The summed E-state index contributed by atoms with van der Waals surface area (Å²) in [6.45, 7) is 1.74. The van der Waals surface area contributed by atoms with E-state index < -0.39 is 10.8 Å². The Morgan fingerprint density at radius 2 is 1.74 bits per heavy atom. The Balaban J connectivity index is 2.24. The molecule has 0 unspecified atom stereocenters. The van der Waals surface area contributed by atoms with Gasteiger partial charge in [-0.3, -0.25) is 14.9 Å². The van der Waals surface area contributed by atoms with Crippen molar-refractivity contribution in [2.24, 2.45) is 5.10 Å². The highest BCUT2D eigenvalue weighted by atomic mass is 16.6. The van der Waals surface area contributed by atoms with Crippen molar-refractivity contribution in [1.29, 1.82) is 0 Å². The Morgan fingerprint density at radius 3 is 2.26 bits per heavy atom. The highest BCUT2D eigenvalue weighted by Gasteiger charge is 2.19. The second-order valence-electron chi connectivity index (χ2n) is 5.44. The van der Waals surface area contributed by atoms with E-state index in [-0.39, 0.29) is 11.3 Å². The van der Waals surface area contributed by atoms with E-state index >= 15 is 0 Å². The average molecular weight is 373 g/mol. The monoisotopic (exact) mass is 373 g/mol. The molecule has 0 aliphatic carbocycles. The summed E-state index contributed by atoms with van der Waals surface area (Å²) in [7, 11) is 4.46. The second kappa shape index (κ2) is 8.65. The van der Waals surface area contributed by atoms with Crippen LogP contribution < -0.4 is 19.6 Å². The third-order valence-corrected chi connectivity index (χ3v) is 3.66. The third-order valence-electron chi connectivity index (χ3n) is 3.66. The number of benzene rings is 2. The molecule has 27 heavy (non-hydrogen) atoms. The molecule has 9 heteroatoms. The molecule has 0 aliphatic heterocycles. The zero-order valence-electron chi connectivity index (χ0n) is 15.3. The van der Waals surface area contributed by atoms with Crippen LogP contribution in [0.4, 0.5) is 5.69 Å². The van der Waals surface area contributed by atoms with Gasteiger partial charge in [-0.05, 0) is 30.7 Å². The Hall–Kier alpha value is -3.62. The number of ether oxygens (including phenoxy) is 3. The smallest absolute Gasteiger partial charge is 0.282 e. The van der Waals surface area contributed by atoms with Crippen molar-refractivity contribution in [3.8, 4) is 17.2 Å². The number of nitro groups is 1. The fourth-order valence-electron chi connectivity index (χ4n) is 2.39. The van der Waals surface area contributed by atoms with Gasteiger partial charge in [0.25, 0.3) is 11.6 Å². The molecule has 0 saturated carbocycles. The molecular weight excluding hydrogens is 354 g/mol. The number of nitrogens with zero attached hydrogens (tertiary/aromatic N) is 2. The maximum Gasteiger partial charge on any atom is 0.282 e. The summed E-state index contributed by atoms with van der Waals surface area (Å²) >= 11 is 0. The lowest BCUT2D eigenvalue weighted by Crippen LogP contribution is -2.19. The number of aryl methyl sites for hydroxylation is 1. The number of hydrogen-bond acceptors (Lipinski definition) is 7. The van der Waals surface area contributed by atoms with Crippen LogP contribution in [0, 0.1) is 17.0 Å². The van der Waals surface area contributed by atoms with Gasteiger partial charge in [0.1, 0.15) is 5.56 Å². The molecule has 2 rings (SSSR count). The molecule has 0 aliphatic rings. The first-order valence-corrected chi connectivity index (χ1v) is 7.79. The van der Waals surface area contributed by atoms with Gasteiger partial charge in [-0.15, -0.1) is 0 Å². The minimum absolute atomic E-state index is 0.0676. The van der Waals surface area contributed by atoms with Crippen molar-refractivity contribution in [3.63, 3.8) is 0 Å². The van der Waals surface area contributed by atoms with Crippen molar-refractivity contribution in [3.05, 3.63) is 57.1 Å². The minimum Gasteiger partial charge on any atom is -0.493 e. The highest BCUT2D eigenvalue weighted by molar-refractivity contribution is 5.98. The van der Waals surface area contributed by atoms with Gasteiger partial charge in [0.2, 0.25) is 5.75 Å². The maximum absolute atomic E-state index is 12.3. The van der Waals surface area contributed by atoms with Gasteiger partial charge in [0, 0.05) is 11.6 Å². The first-order chi connectivity index (χ1) is 12.9. The van der Waals surface area contributed by atoms with Crippen molar-refractivity contribution in [2.45, 2.75) is 6.92 Å². The summed E-state index contributed by atoms with van der Waals surface area (Å²) in [6, 6.07) is 7.57. The minimum atomic E-state index is -0.686. The van der Waals surface area contributed by atoms with E-state index in [0.717, 1.165) is 5.56 Å². The maximum atomic E-state index is 12.3. The van der Waals surface area contributed by atoms with Crippen LogP contribution >= 0.6 is 0 Å². The molecule has 0 radical (unpaired) electrons. The lowest BCUT2D eigenvalue weighted by Gasteiger charge is -2.12. The lowest BCUT2D eigenvalue weighted by molar-refractivity contribution is -0.385. The zero-order chi connectivity index (χ0) is 20.0. The Labute approximate surface area is 155 Å². The van der Waals surface area contributed by atoms with E-state index in [1.54, 1.807) is 25.1 Å². The molecule has 0 spiro atoms. The van der Waals surface area contributed by atoms with E-state index in [2.05, 4.69) is 10.5 Å². The van der Waals surface area contributed by atoms with Crippen LogP contribution in [-0.4, -0.2) is 38.4 Å². The van der Waals surface area contributed by atoms with Crippen LogP contribution in [-0.2, 0) is 0 Å². The first kappa shape index (κ1) is 19.7. The molecule has 0 saturated heterocycles. The van der Waals surface area contributed by atoms with Gasteiger partial charge in [0.05, 0.1) is 32.5 Å². The fourth-order valence-corrected chi connectivity index (χ4v) is 2.39. The van der Waals surface area contributed by atoms with Crippen LogP contribution in [0.1, 0.15) is 21.5 Å². The van der Waals surface area contributed by atoms with Gasteiger partial charge in [0.15, 0.2) is 11.5 Å². The predicted molar refractivity (Wildman–Crippen MR) is 99.0 cm³/mol. The van der Waals surface area contributed by atoms with Gasteiger partial charge in [-0.2, -0.15) is 5.10 Å². The molecule has 0 bridgehead atoms. The molecule has 142 valence electrons. The quantitative estimate of drug-likeness (QED) is 0.454. The third kappa shape index (κ3) is 4.51. The van der Waals surface area contributed by atoms with E-state index in [9.17, 15) is 14.9 Å². The summed E-state index contributed by atoms with van der Waals surface area (Å²) in [5.41, 5.74) is 3.22. The fraction of sp³-hybridized carbons (Fsp3) is 0.222. The zero-order valence-corrected chi connectivity index (χ0v) is 15.3. The number of nitro benzene ring substituents is 1. The lowest BCUT2D eigenvalue weighted by atomic mass is 10.1. The van der Waals surface area contributed by atoms with Crippen LogP contribution in [0.15, 0.2) is 35.4 Å². The second-order valence-corrected chi connectivity index (χ2v) is 5.44. The number of hydrogen-bond donors (Lipinski definition) is 1. The van der Waals surface area contributed by atoms with Gasteiger partial charge >= 0.3 is 0 Å². The summed E-state index contributed by atoms with van der Waals surface area (Å²) in [5, 5.41) is 14.9. The highest BCUT2D eigenvalue weighted by Crippen LogP contribution is 2.37. The largest absolute Gasteiger partial charge is 0.493 e. The van der Waals surface area contributed by atoms with E-state index in [1.165, 1.54) is 39.7 Å². The van der Waals surface area contributed by atoms with Gasteiger partial charge in [-0.25, -0.2) is 5.43 Å². The SMILES string of the molecule is COc1cc(C=NNC(=O)c2cc(C)ccc2[N+](=O)[O-])cc(OC)c1OC. The number of hydrazone groups is 1. The number of carbonyl (C=O) groups excluding carboxylic acids is 1. The normalized spacial score (nSPS) is 10.5. The Kier molecular flexibility index (Phi) is 6.32. The number of nitrogens with one attached hydrogen (secondary N) is 1. The van der Waals surface area contributed by atoms with E-state index in [0.29, 0.717) is 22.8 Å². The molecule has 0 aromatic heterocycles. The molecular formula is C18H19N3O6. The van der Waals surface area contributed by atoms with Crippen molar-refractivity contribution in [1.82, 2.24) is 5.43 Å². The summed E-state index contributed by atoms with van der Waals surface area (Å²) < 4.78 is 15.7. The number of rotatable bonds is 7. The van der Waals surface area contributed by atoms with Crippen molar-refractivity contribution in [2.75, 3.05) is 21.3 Å². The molecule has 2 aromatic rings. The Morgan fingerprint density at radius 1 is 1.11 bits per heavy atom. The molecule has 1 amide bonds. The van der Waals surface area contributed by atoms with Crippen LogP contribution in [0.2, 0.25) is 0 Å². The summed E-state index contributed by atoms with van der Waals surface area (Å²) in [5.74, 6) is 0.601. The number of methoxy groups -OCH3 is 3.